The lowest BCUT2D eigenvalue weighted by Crippen LogP contribution is -2.34. The van der Waals surface area contributed by atoms with Crippen LogP contribution in [0.25, 0.3) is 0 Å². The van der Waals surface area contributed by atoms with Gasteiger partial charge in [-0.1, -0.05) is 196 Å². The summed E-state index contributed by atoms with van der Waals surface area (Å²) < 4.78 is 33.5. The van der Waals surface area contributed by atoms with Crippen molar-refractivity contribution in [2.75, 3.05) is 26.4 Å². The lowest BCUT2D eigenvalue weighted by Gasteiger charge is -2.20. The van der Waals surface area contributed by atoms with Crippen molar-refractivity contribution in [2.24, 2.45) is 5.73 Å². The van der Waals surface area contributed by atoms with E-state index in [0.29, 0.717) is 13.0 Å². The largest absolute Gasteiger partial charge is 0.480 e. The number of carbonyl (C=O) groups excluding carboxylic acids is 1. The Morgan fingerprint density at radius 3 is 1.29 bits per heavy atom. The highest BCUT2D eigenvalue weighted by Crippen LogP contribution is 2.43. The van der Waals surface area contributed by atoms with E-state index in [1.54, 1.807) is 0 Å². The molecule has 0 aliphatic carbocycles. The maximum absolute atomic E-state index is 12.7. The summed E-state index contributed by atoms with van der Waals surface area (Å²) in [6.07, 6.45) is 62.4. The molecule has 0 bridgehead atoms. The lowest BCUT2D eigenvalue weighted by molar-refractivity contribution is -0.154. The molecule has 3 atom stereocenters. The summed E-state index contributed by atoms with van der Waals surface area (Å²) in [7, 11) is -4.63. The van der Waals surface area contributed by atoms with Crippen LogP contribution < -0.4 is 5.73 Å². The third-order valence-electron chi connectivity index (χ3n) is 11.0. The molecule has 0 aromatic rings. The first kappa shape index (κ1) is 62.4. The van der Waals surface area contributed by atoms with Gasteiger partial charge in [-0.3, -0.25) is 18.6 Å². The number of carbonyl (C=O) groups is 2. The number of aliphatic carboxylic acids is 1. The molecule has 0 radical (unpaired) electrons. The Hall–Kier alpha value is -2.59. The van der Waals surface area contributed by atoms with Crippen LogP contribution in [-0.4, -0.2) is 60.5 Å². The summed E-state index contributed by atoms with van der Waals surface area (Å²) in [5, 5.41) is 8.93. The molecular weight excluding hydrogens is 838 g/mol. The van der Waals surface area contributed by atoms with Gasteiger partial charge in [0.2, 0.25) is 0 Å². The first-order chi connectivity index (χ1) is 31.7. The zero-order chi connectivity index (χ0) is 47.6. The predicted octanol–water partition coefficient (Wildman–Crippen LogP) is 15.3. The van der Waals surface area contributed by atoms with Gasteiger partial charge in [0.05, 0.1) is 19.8 Å². The molecule has 11 heteroatoms. The zero-order valence-corrected chi connectivity index (χ0v) is 42.2. The second kappa shape index (κ2) is 49.3. The molecule has 0 aliphatic rings. The molecule has 0 saturated carbocycles. The van der Waals surface area contributed by atoms with Crippen molar-refractivity contribution in [3.05, 3.63) is 72.9 Å². The second-order valence-electron chi connectivity index (χ2n) is 17.3. The minimum absolute atomic E-state index is 0.00389. The SMILES string of the molecule is CCCCC/C=C\C/C=C\C/C=C\CCCCCCCCCOCC(COP(=O)(O)OCC(N)C(=O)O)OC(=O)CCCCCCCCCC/C=C\C/C=C\C/C=C\CCCCCCC. The van der Waals surface area contributed by atoms with Crippen molar-refractivity contribution < 1.29 is 42.7 Å². The van der Waals surface area contributed by atoms with Gasteiger partial charge in [-0.2, -0.15) is 0 Å². The molecule has 10 nitrogen and oxygen atoms in total. The number of phosphoric acid groups is 1. The molecule has 0 heterocycles. The van der Waals surface area contributed by atoms with Gasteiger partial charge in [-0.25, -0.2) is 4.57 Å². The molecule has 3 unspecified atom stereocenters. The zero-order valence-electron chi connectivity index (χ0n) is 41.3. The smallest absolute Gasteiger partial charge is 0.472 e. The van der Waals surface area contributed by atoms with Gasteiger partial charge < -0.3 is 25.2 Å². The van der Waals surface area contributed by atoms with E-state index in [2.05, 4.69) is 86.8 Å². The highest BCUT2D eigenvalue weighted by Gasteiger charge is 2.27. The van der Waals surface area contributed by atoms with Crippen molar-refractivity contribution in [1.29, 1.82) is 0 Å². The van der Waals surface area contributed by atoms with Gasteiger partial charge in [0.1, 0.15) is 12.1 Å². The summed E-state index contributed by atoms with van der Waals surface area (Å²) in [6, 6.07) is -1.48. The number of hydrogen-bond donors (Lipinski definition) is 3. The van der Waals surface area contributed by atoms with Crippen molar-refractivity contribution >= 4 is 19.8 Å². The minimum atomic E-state index is -4.63. The van der Waals surface area contributed by atoms with Gasteiger partial charge in [-0.15, -0.1) is 0 Å². The Kier molecular flexibility index (Phi) is 47.4. The van der Waals surface area contributed by atoms with Crippen molar-refractivity contribution in [3.8, 4) is 0 Å². The number of hydrogen-bond acceptors (Lipinski definition) is 8. The van der Waals surface area contributed by atoms with Crippen molar-refractivity contribution in [2.45, 2.75) is 231 Å². The maximum atomic E-state index is 12.7. The average molecular weight is 934 g/mol. The fraction of sp³-hybridized carbons (Fsp3) is 0.741. The van der Waals surface area contributed by atoms with Crippen LogP contribution in [0.3, 0.4) is 0 Å². The molecule has 0 saturated heterocycles. The number of nitrogens with two attached hydrogens (primary N) is 1. The quantitative estimate of drug-likeness (QED) is 0.0232. The average Bonchev–Trinajstić information content (AvgIpc) is 3.29. The standard InChI is InChI=1S/C54H96NO9P/c1-3-5-7-9-11-13-15-17-19-21-23-25-26-27-28-30-32-34-36-38-40-42-44-46-53(56)64-51(49-62-65(59,60)63-50-52(55)54(57)58)48-61-47-45-43-41-39-37-35-33-31-29-24-22-20-18-16-14-12-10-8-6-4-2/h12,14-15,17-18,20-21,23-24,26-27,29,51-52H,3-11,13,16,19,22,25,28,30-50,55H2,1-2H3,(H,57,58)(H,59,60)/b14-12-,17-15-,20-18-,23-21-,27-26-,29-24-. The Morgan fingerprint density at radius 1 is 0.492 bits per heavy atom. The van der Waals surface area contributed by atoms with Crippen molar-refractivity contribution in [3.63, 3.8) is 0 Å². The van der Waals surface area contributed by atoms with Crippen LogP contribution in [0.2, 0.25) is 0 Å². The van der Waals surface area contributed by atoms with E-state index in [4.69, 9.17) is 29.4 Å². The molecule has 0 fully saturated rings. The van der Waals surface area contributed by atoms with E-state index in [1.165, 1.54) is 116 Å². The third kappa shape index (κ3) is 49.1. The van der Waals surface area contributed by atoms with Gasteiger partial charge >= 0.3 is 19.8 Å². The number of ether oxygens (including phenoxy) is 2. The van der Waals surface area contributed by atoms with Gasteiger partial charge in [-0.05, 0) is 89.9 Å². The second-order valence-corrected chi connectivity index (χ2v) is 18.7. The van der Waals surface area contributed by atoms with Gasteiger partial charge in [0.25, 0.3) is 0 Å². The first-order valence-electron chi connectivity index (χ1n) is 26.0. The highest BCUT2D eigenvalue weighted by atomic mass is 31.2. The predicted molar refractivity (Wildman–Crippen MR) is 272 cm³/mol. The van der Waals surface area contributed by atoms with Crippen molar-refractivity contribution in [1.82, 2.24) is 0 Å². The number of allylic oxidation sites excluding steroid dienone is 12. The van der Waals surface area contributed by atoms with Crippen LogP contribution >= 0.6 is 7.82 Å². The molecule has 0 aromatic heterocycles. The molecule has 0 spiro atoms. The number of unbranched alkanes of at least 4 members (excludes halogenated alkanes) is 23. The number of carboxylic acid groups (broad SMARTS) is 1. The first-order valence-corrected chi connectivity index (χ1v) is 27.5. The van der Waals surface area contributed by atoms with E-state index in [0.717, 1.165) is 77.0 Å². The topological polar surface area (TPSA) is 155 Å². The monoisotopic (exact) mass is 934 g/mol. The molecule has 0 aromatic carbocycles. The lowest BCUT2D eigenvalue weighted by atomic mass is 10.1. The van der Waals surface area contributed by atoms with Gasteiger partial charge in [0.15, 0.2) is 0 Å². The van der Waals surface area contributed by atoms with E-state index in [1.807, 2.05) is 0 Å². The van der Waals surface area contributed by atoms with Gasteiger partial charge in [0, 0.05) is 13.0 Å². The van der Waals surface area contributed by atoms with E-state index in [-0.39, 0.29) is 13.0 Å². The molecule has 376 valence electrons. The summed E-state index contributed by atoms with van der Waals surface area (Å²) >= 11 is 0. The van der Waals surface area contributed by atoms with E-state index in [9.17, 15) is 19.0 Å². The summed E-state index contributed by atoms with van der Waals surface area (Å²) in [5.74, 6) is -1.79. The normalized spacial score (nSPS) is 14.3. The summed E-state index contributed by atoms with van der Waals surface area (Å²) in [4.78, 5) is 33.7. The van der Waals surface area contributed by atoms with Crippen LogP contribution in [-0.2, 0) is 32.7 Å². The molecule has 4 N–H and O–H groups in total. The fourth-order valence-corrected chi connectivity index (χ4v) is 7.69. The Morgan fingerprint density at radius 2 is 0.846 bits per heavy atom. The third-order valence-corrected chi connectivity index (χ3v) is 11.9. The van der Waals surface area contributed by atoms with E-state index < -0.39 is 45.1 Å². The van der Waals surface area contributed by atoms with Crippen LogP contribution in [0.1, 0.15) is 219 Å². The molecule has 0 rings (SSSR count). The maximum Gasteiger partial charge on any atom is 0.472 e. The molecule has 65 heavy (non-hydrogen) atoms. The molecule has 0 aliphatic heterocycles. The van der Waals surface area contributed by atoms with Crippen LogP contribution in [0, 0.1) is 0 Å². The molecule has 0 amide bonds. The summed E-state index contributed by atoms with van der Waals surface area (Å²) in [6.45, 7) is 3.82. The fourth-order valence-electron chi connectivity index (χ4n) is 6.91. The van der Waals surface area contributed by atoms with E-state index >= 15 is 0 Å². The Balaban J connectivity index is 4.19. The van der Waals surface area contributed by atoms with Crippen LogP contribution in [0.5, 0.6) is 0 Å². The van der Waals surface area contributed by atoms with Crippen LogP contribution in [0.4, 0.5) is 0 Å². The summed E-state index contributed by atoms with van der Waals surface area (Å²) in [5.41, 5.74) is 5.38. The van der Waals surface area contributed by atoms with Crippen LogP contribution in [0.15, 0.2) is 72.9 Å². The number of carboxylic acids is 1. The minimum Gasteiger partial charge on any atom is -0.480 e. The number of rotatable bonds is 49. The number of phosphoric ester groups is 1. The Bertz CT molecular complexity index is 1310. The Labute approximate surface area is 397 Å². The highest BCUT2D eigenvalue weighted by molar-refractivity contribution is 7.47. The number of esters is 1. The molecular formula is C54H96NO9P.